The van der Waals surface area contributed by atoms with Crippen LogP contribution in [0.1, 0.15) is 46.0 Å². The Bertz CT molecular complexity index is 2110. The van der Waals surface area contributed by atoms with Crippen LogP contribution in [0.5, 0.6) is 5.75 Å². The summed E-state index contributed by atoms with van der Waals surface area (Å²) in [6.45, 7) is 4.11. The van der Waals surface area contributed by atoms with Gasteiger partial charge < -0.3 is 27.9 Å². The molecule has 0 spiro atoms. The van der Waals surface area contributed by atoms with Gasteiger partial charge in [-0.2, -0.15) is 0 Å². The van der Waals surface area contributed by atoms with Gasteiger partial charge in [-0.3, -0.25) is 0 Å². The molecular formula is C36H41N4O5S2+. The van der Waals surface area contributed by atoms with Gasteiger partial charge in [-0.25, -0.2) is 14.2 Å². The summed E-state index contributed by atoms with van der Waals surface area (Å²) in [5.41, 5.74) is 6.18. The number of carbonyl (C=O) groups excluding carboxylic acids is 2. The second kappa shape index (κ2) is 14.2. The monoisotopic (exact) mass is 673 g/mol. The van der Waals surface area contributed by atoms with Crippen LogP contribution in [0, 0.1) is 0 Å². The van der Waals surface area contributed by atoms with E-state index in [-0.39, 0.29) is 13.2 Å². The van der Waals surface area contributed by atoms with Gasteiger partial charge in [-0.05, 0) is 56.2 Å². The van der Waals surface area contributed by atoms with Crippen molar-refractivity contribution in [2.24, 2.45) is 0 Å². The highest BCUT2D eigenvalue weighted by atomic mass is 32.2. The minimum absolute atomic E-state index is 0.247. The first kappa shape index (κ1) is 34.0. The summed E-state index contributed by atoms with van der Waals surface area (Å²) in [6.07, 6.45) is 7.79. The average molecular weight is 674 g/mol. The van der Waals surface area contributed by atoms with Crippen LogP contribution in [0.3, 0.4) is 0 Å². The number of thioether (sulfide) groups is 2. The van der Waals surface area contributed by atoms with Crippen LogP contribution >= 0.6 is 23.5 Å². The molecule has 0 saturated heterocycles. The molecule has 0 atom stereocenters. The van der Waals surface area contributed by atoms with E-state index in [1.165, 1.54) is 23.5 Å². The van der Waals surface area contributed by atoms with Crippen LogP contribution in [0.15, 0.2) is 70.7 Å². The lowest BCUT2D eigenvalue weighted by molar-refractivity contribution is 0.0504. The molecule has 9 nitrogen and oxygen atoms in total. The second-order valence-electron chi connectivity index (χ2n) is 11.1. The molecule has 0 amide bonds. The Morgan fingerprint density at radius 3 is 1.91 bits per heavy atom. The summed E-state index contributed by atoms with van der Waals surface area (Å²) in [5, 5.41) is 1.84. The molecule has 0 saturated carbocycles. The molecular weight excluding hydrogens is 633 g/mol. The van der Waals surface area contributed by atoms with Crippen molar-refractivity contribution in [1.29, 1.82) is 0 Å². The predicted molar refractivity (Wildman–Crippen MR) is 192 cm³/mol. The molecule has 0 N–H and O–H groups in total. The zero-order valence-corrected chi connectivity index (χ0v) is 30.0. The number of rotatable bonds is 10. The topological polar surface area (TPSA) is 76.9 Å². The number of ether oxygens (including phenoxy) is 3. The molecule has 5 aromatic rings. The van der Waals surface area contributed by atoms with Crippen molar-refractivity contribution in [3.05, 3.63) is 94.0 Å². The Morgan fingerprint density at radius 1 is 0.809 bits per heavy atom. The van der Waals surface area contributed by atoms with Crippen LogP contribution in [0.4, 0.5) is 5.69 Å². The first-order chi connectivity index (χ1) is 22.6. The number of hydrogen-bond donors (Lipinski definition) is 0. The van der Waals surface area contributed by atoms with Gasteiger partial charge in [0.25, 0.3) is 0 Å². The Balaban J connectivity index is 2.16. The Kier molecular flexibility index (Phi) is 10.3. The molecule has 0 aliphatic rings. The third-order valence-corrected chi connectivity index (χ3v) is 9.62. The zero-order chi connectivity index (χ0) is 34.0. The van der Waals surface area contributed by atoms with Gasteiger partial charge in [0.15, 0.2) is 0 Å². The summed E-state index contributed by atoms with van der Waals surface area (Å²) in [6, 6.07) is 16.1. The molecule has 0 aliphatic heterocycles. The lowest BCUT2D eigenvalue weighted by Gasteiger charge is -2.15. The van der Waals surface area contributed by atoms with Gasteiger partial charge in [0.2, 0.25) is 5.36 Å². The largest absolute Gasteiger partial charge is 0.497 e. The fraction of sp³-hybridized carbons (Fsp3) is 0.306. The van der Waals surface area contributed by atoms with Gasteiger partial charge in [0, 0.05) is 70.5 Å². The molecule has 0 fully saturated rings. The van der Waals surface area contributed by atoms with Crippen molar-refractivity contribution in [2.45, 2.75) is 23.6 Å². The molecule has 0 bridgehead atoms. The maximum atomic E-state index is 13.7. The molecule has 11 heteroatoms. The van der Waals surface area contributed by atoms with E-state index in [0.29, 0.717) is 11.4 Å². The normalized spacial score (nSPS) is 11.9. The number of anilines is 1. The van der Waals surface area contributed by atoms with Crippen molar-refractivity contribution in [3.8, 4) is 5.75 Å². The molecule has 1 aromatic carbocycles. The second-order valence-corrected chi connectivity index (χ2v) is 12.8. The third kappa shape index (κ3) is 6.09. The average Bonchev–Trinajstić information content (AvgIpc) is 3.57. The number of carbonyl (C=O) groups is 2. The van der Waals surface area contributed by atoms with Crippen molar-refractivity contribution < 1.29 is 23.8 Å². The quantitative estimate of drug-likeness (QED) is 0.116. The number of hydrogen-bond acceptors (Lipinski definition) is 8. The number of benzene rings is 1. The lowest BCUT2D eigenvalue weighted by atomic mass is 9.95. The van der Waals surface area contributed by atoms with Crippen molar-refractivity contribution in [3.63, 3.8) is 0 Å². The highest BCUT2D eigenvalue weighted by Gasteiger charge is 2.30. The number of pyridine rings is 2. The smallest absolute Gasteiger partial charge is 0.356 e. The molecule has 4 heterocycles. The van der Waals surface area contributed by atoms with Crippen molar-refractivity contribution in [2.75, 3.05) is 65.9 Å². The van der Waals surface area contributed by atoms with Gasteiger partial charge in [0.1, 0.15) is 31.2 Å². The van der Waals surface area contributed by atoms with E-state index in [0.717, 1.165) is 59.5 Å². The van der Waals surface area contributed by atoms with Crippen LogP contribution < -0.4 is 24.8 Å². The van der Waals surface area contributed by atoms with Gasteiger partial charge >= 0.3 is 11.9 Å². The highest BCUT2D eigenvalue weighted by Crippen LogP contribution is 2.40. The summed E-state index contributed by atoms with van der Waals surface area (Å²) >= 11 is 2.99. The molecule has 47 heavy (non-hydrogen) atoms. The van der Waals surface area contributed by atoms with E-state index < -0.39 is 11.9 Å². The van der Waals surface area contributed by atoms with Crippen LogP contribution in [-0.4, -0.2) is 81.8 Å². The maximum Gasteiger partial charge on any atom is 0.356 e. The van der Waals surface area contributed by atoms with Crippen molar-refractivity contribution in [1.82, 2.24) is 13.4 Å². The number of fused-ring (bicyclic) bond motifs is 2. The van der Waals surface area contributed by atoms with Gasteiger partial charge in [-0.15, -0.1) is 23.5 Å². The van der Waals surface area contributed by atoms with E-state index in [2.05, 4.69) is 12.1 Å². The Morgan fingerprint density at radius 2 is 1.38 bits per heavy atom. The maximum absolute atomic E-state index is 13.7. The summed E-state index contributed by atoms with van der Waals surface area (Å²) in [4.78, 5) is 31.0. The number of methoxy groups -OCH3 is 1. The van der Waals surface area contributed by atoms with Crippen molar-refractivity contribution >= 4 is 57.8 Å². The van der Waals surface area contributed by atoms with Gasteiger partial charge in [-0.1, -0.05) is 12.1 Å². The van der Waals surface area contributed by atoms with Crippen LogP contribution in [0.2, 0.25) is 0 Å². The summed E-state index contributed by atoms with van der Waals surface area (Å²) in [5.74, 6) is -0.0894. The fourth-order valence-corrected chi connectivity index (χ4v) is 7.40. The third-order valence-electron chi connectivity index (χ3n) is 8.01. The van der Waals surface area contributed by atoms with E-state index >= 15 is 0 Å². The number of esters is 2. The SMILES string of the molecule is CCOC(=O)c1c(SC)c(/C(c2ccc(OC)cc2)=c2/c(SC)c(C(=O)OCC)n3ccc(=[N+](C)C)cc23)c2cc(N(C)C)ccn12. The fourth-order valence-electron chi connectivity index (χ4n) is 5.83. The molecule has 0 aliphatic carbocycles. The van der Waals surface area contributed by atoms with Crippen LogP contribution in [0.25, 0.3) is 16.6 Å². The Labute approximate surface area is 283 Å². The first-order valence-electron chi connectivity index (χ1n) is 15.3. The minimum atomic E-state index is -0.404. The van der Waals surface area contributed by atoms with Gasteiger partial charge in [0.05, 0.1) is 31.4 Å². The van der Waals surface area contributed by atoms with E-state index in [9.17, 15) is 9.59 Å². The molecule has 0 radical (unpaired) electrons. The van der Waals surface area contributed by atoms with E-state index in [4.69, 9.17) is 14.2 Å². The van der Waals surface area contributed by atoms with E-state index in [1.807, 2.05) is 122 Å². The molecule has 5 rings (SSSR count). The summed E-state index contributed by atoms with van der Waals surface area (Å²) in [7, 11) is 9.61. The summed E-state index contributed by atoms with van der Waals surface area (Å²) < 4.78 is 22.7. The Hall–Kier alpha value is -4.35. The zero-order valence-electron chi connectivity index (χ0n) is 28.3. The van der Waals surface area contributed by atoms with E-state index in [1.54, 1.807) is 7.11 Å². The molecule has 246 valence electrons. The van der Waals surface area contributed by atoms with Crippen LogP contribution in [-0.2, 0) is 9.47 Å². The predicted octanol–water partition coefficient (Wildman–Crippen LogP) is 5.06. The standard InChI is InChI=1S/C36H41N4O5S2/c1-10-44-35(41)31-33(46-8)29(26-20-23(37(3)4)16-18-39(26)31)28(22-12-14-25(43-7)15-13-22)30-27-21-24(38(5)6)17-19-40(27)32(34(30)47-9)36(42)45-11-2/h12-21H,10-11H2,1-9H3/q+1. The first-order valence-corrected chi connectivity index (χ1v) is 17.7. The highest BCUT2D eigenvalue weighted by molar-refractivity contribution is 7.99. The number of aromatic nitrogens is 2. The molecule has 0 unspecified atom stereocenters. The lowest BCUT2D eigenvalue weighted by Crippen LogP contribution is -2.22. The molecule has 4 aromatic heterocycles. The number of nitrogens with zero attached hydrogens (tertiary/aromatic N) is 4. The minimum Gasteiger partial charge on any atom is -0.497 e.